The van der Waals surface area contributed by atoms with E-state index in [2.05, 4.69) is 41.5 Å². The molecule has 0 spiro atoms. The molecule has 0 radical (unpaired) electrons. The fourth-order valence-electron chi connectivity index (χ4n) is 6.42. The summed E-state index contributed by atoms with van der Waals surface area (Å²) < 4.78 is 33.0. The average Bonchev–Trinajstić information content (AvgIpc) is 3.20. The van der Waals surface area contributed by atoms with Crippen LogP contribution in [0.25, 0.3) is 0 Å². The number of carbonyl (C=O) groups excluding carboxylic acids is 6. The molecule has 0 bridgehead atoms. The van der Waals surface area contributed by atoms with Gasteiger partial charge in [0.2, 0.25) is 0 Å². The van der Waals surface area contributed by atoms with Crippen LogP contribution < -0.4 is 0 Å². The first-order chi connectivity index (χ1) is 29.2. The number of rotatable bonds is 41. The fraction of sp³-hybridized carbons (Fsp3) is 0.878. The number of ether oxygens (including phenoxy) is 6. The number of unbranched alkanes of at least 4 members (excludes halogenated alkanes) is 10. The molecule has 0 atom stereocenters. The van der Waals surface area contributed by atoms with E-state index in [1.54, 1.807) is 0 Å². The molecule has 0 aromatic heterocycles. The topological polar surface area (TPSA) is 158 Å². The molecular formula is C49H88O12. The van der Waals surface area contributed by atoms with E-state index >= 15 is 0 Å². The maximum absolute atomic E-state index is 12.8. The second-order valence-corrected chi connectivity index (χ2v) is 18.2. The van der Waals surface area contributed by atoms with Gasteiger partial charge in [-0.05, 0) is 101 Å². The van der Waals surface area contributed by atoms with Gasteiger partial charge in [0.25, 0.3) is 0 Å². The van der Waals surface area contributed by atoms with Gasteiger partial charge in [0.05, 0.1) is 25.2 Å². The van der Waals surface area contributed by atoms with E-state index in [1.807, 2.05) is 6.92 Å². The van der Waals surface area contributed by atoms with Crippen LogP contribution in [0, 0.1) is 23.2 Å². The van der Waals surface area contributed by atoms with Crippen molar-refractivity contribution in [2.75, 3.05) is 39.6 Å². The largest absolute Gasteiger partial charge is 0.466 e. The first-order valence-electron chi connectivity index (χ1n) is 24.1. The molecule has 0 amide bonds. The van der Waals surface area contributed by atoms with Crippen molar-refractivity contribution in [2.45, 2.75) is 215 Å². The zero-order valence-corrected chi connectivity index (χ0v) is 39.8. The summed E-state index contributed by atoms with van der Waals surface area (Å²) in [6, 6.07) is 0. The van der Waals surface area contributed by atoms with Gasteiger partial charge in [-0.15, -0.1) is 0 Å². The summed E-state index contributed by atoms with van der Waals surface area (Å²) in [5.74, 6) is 0.146. The Labute approximate surface area is 370 Å². The minimum absolute atomic E-state index is 0.0801. The summed E-state index contributed by atoms with van der Waals surface area (Å²) in [4.78, 5) is 74.2. The average molecular weight is 869 g/mol. The number of carbonyl (C=O) groups is 6. The Balaban J connectivity index is 4.78. The molecule has 0 saturated heterocycles. The Hall–Kier alpha value is -3.18. The summed E-state index contributed by atoms with van der Waals surface area (Å²) in [7, 11) is 0. The molecule has 0 aromatic rings. The third kappa shape index (κ3) is 38.2. The maximum atomic E-state index is 12.8. The van der Waals surface area contributed by atoms with Gasteiger partial charge in [0.15, 0.2) is 0 Å². The summed E-state index contributed by atoms with van der Waals surface area (Å²) in [5, 5.41) is 0. The van der Waals surface area contributed by atoms with Crippen LogP contribution in [0.15, 0.2) is 0 Å². The molecule has 0 aliphatic rings. The number of esters is 6. The van der Waals surface area contributed by atoms with Crippen LogP contribution >= 0.6 is 0 Å². The van der Waals surface area contributed by atoms with Crippen molar-refractivity contribution in [3.8, 4) is 0 Å². The van der Waals surface area contributed by atoms with Gasteiger partial charge in [-0.2, -0.15) is 0 Å². The van der Waals surface area contributed by atoms with Crippen molar-refractivity contribution in [2.24, 2.45) is 23.2 Å². The lowest BCUT2D eigenvalue weighted by molar-refractivity contribution is -0.163. The van der Waals surface area contributed by atoms with E-state index in [1.165, 1.54) is 12.8 Å². The standard InChI is InChI=1S/C49H88O12/c1-8-49(39-61-48(55)32-20-13-23-36-58-45(52)33-24-27-42(6)7,37-59-46(53)30-18-11-21-34-56-43(50)28-16-9-14-25-40(2)3)38-60-47(54)31-19-12-22-35-57-44(51)29-17-10-15-26-41(4)5/h40-42H,8-39H2,1-7H3. The highest BCUT2D eigenvalue weighted by atomic mass is 16.6. The first-order valence-corrected chi connectivity index (χ1v) is 24.1. The molecular weight excluding hydrogens is 781 g/mol. The Bertz CT molecular complexity index is 1110. The van der Waals surface area contributed by atoms with Crippen LogP contribution in [0.3, 0.4) is 0 Å². The second-order valence-electron chi connectivity index (χ2n) is 18.2. The predicted octanol–water partition coefficient (Wildman–Crippen LogP) is 11.4. The summed E-state index contributed by atoms with van der Waals surface area (Å²) in [6.07, 6.45) is 18.2. The molecule has 0 fully saturated rings. The van der Waals surface area contributed by atoms with Crippen molar-refractivity contribution in [3.05, 3.63) is 0 Å². The Morgan fingerprint density at radius 3 is 0.852 bits per heavy atom. The number of hydrogen-bond acceptors (Lipinski definition) is 12. The predicted molar refractivity (Wildman–Crippen MR) is 238 cm³/mol. The van der Waals surface area contributed by atoms with Crippen LogP contribution in [-0.4, -0.2) is 75.5 Å². The molecule has 12 nitrogen and oxygen atoms in total. The zero-order chi connectivity index (χ0) is 45.6. The van der Waals surface area contributed by atoms with Crippen molar-refractivity contribution in [3.63, 3.8) is 0 Å². The summed E-state index contributed by atoms with van der Waals surface area (Å²) >= 11 is 0. The maximum Gasteiger partial charge on any atom is 0.305 e. The molecule has 0 rings (SSSR count). The molecule has 356 valence electrons. The van der Waals surface area contributed by atoms with E-state index < -0.39 is 23.3 Å². The van der Waals surface area contributed by atoms with Crippen LogP contribution in [-0.2, 0) is 57.2 Å². The molecule has 12 heteroatoms. The highest BCUT2D eigenvalue weighted by molar-refractivity contribution is 5.71. The Morgan fingerprint density at radius 2 is 0.574 bits per heavy atom. The fourth-order valence-corrected chi connectivity index (χ4v) is 6.42. The molecule has 61 heavy (non-hydrogen) atoms. The minimum atomic E-state index is -0.920. The lowest BCUT2D eigenvalue weighted by atomic mass is 9.88. The highest BCUT2D eigenvalue weighted by Gasteiger charge is 2.34. The van der Waals surface area contributed by atoms with E-state index in [9.17, 15) is 28.8 Å². The van der Waals surface area contributed by atoms with Gasteiger partial charge in [-0.3, -0.25) is 28.8 Å². The van der Waals surface area contributed by atoms with Crippen molar-refractivity contribution >= 4 is 35.8 Å². The van der Waals surface area contributed by atoms with Gasteiger partial charge in [-0.1, -0.05) is 93.4 Å². The van der Waals surface area contributed by atoms with E-state index in [-0.39, 0.29) is 57.0 Å². The van der Waals surface area contributed by atoms with Gasteiger partial charge in [-0.25, -0.2) is 0 Å². The van der Waals surface area contributed by atoms with Gasteiger partial charge >= 0.3 is 35.8 Å². The summed E-state index contributed by atoms with van der Waals surface area (Å²) in [5.41, 5.74) is -0.920. The van der Waals surface area contributed by atoms with Crippen LogP contribution in [0.5, 0.6) is 0 Å². The van der Waals surface area contributed by atoms with Gasteiger partial charge in [0, 0.05) is 38.5 Å². The van der Waals surface area contributed by atoms with Gasteiger partial charge < -0.3 is 28.4 Å². The van der Waals surface area contributed by atoms with Crippen LogP contribution in [0.2, 0.25) is 0 Å². The van der Waals surface area contributed by atoms with E-state index in [0.717, 1.165) is 51.4 Å². The molecule has 0 unspecified atom stereocenters. The molecule has 0 heterocycles. The molecule has 0 N–H and O–H groups in total. The monoisotopic (exact) mass is 869 g/mol. The Kier molecular flexibility index (Phi) is 36.5. The third-order valence-corrected chi connectivity index (χ3v) is 10.7. The highest BCUT2D eigenvalue weighted by Crippen LogP contribution is 2.26. The smallest absolute Gasteiger partial charge is 0.305 e. The van der Waals surface area contributed by atoms with E-state index in [4.69, 9.17) is 28.4 Å². The van der Waals surface area contributed by atoms with E-state index in [0.29, 0.717) is 121 Å². The lowest BCUT2D eigenvalue weighted by Gasteiger charge is -2.31. The molecule has 0 aliphatic heterocycles. The quantitative estimate of drug-likeness (QED) is 0.0326. The second kappa shape index (κ2) is 38.5. The zero-order valence-electron chi connectivity index (χ0n) is 39.8. The lowest BCUT2D eigenvalue weighted by Crippen LogP contribution is -2.39. The molecule has 0 saturated carbocycles. The molecule has 0 aromatic carbocycles. The van der Waals surface area contributed by atoms with Crippen LogP contribution in [0.1, 0.15) is 215 Å². The SMILES string of the molecule is CCC(COC(=O)CCCCCOC(=O)CCCCCC(C)C)(COC(=O)CCCCCOC(=O)CCCCCC(C)C)COC(=O)CCCCCOC(=O)CCCC(C)C. The third-order valence-electron chi connectivity index (χ3n) is 10.7. The molecule has 0 aliphatic carbocycles. The normalized spacial score (nSPS) is 11.5. The first kappa shape index (κ1) is 57.8. The van der Waals surface area contributed by atoms with Crippen molar-refractivity contribution in [1.29, 1.82) is 0 Å². The Morgan fingerprint density at radius 1 is 0.328 bits per heavy atom. The number of hydrogen-bond donors (Lipinski definition) is 0. The summed E-state index contributed by atoms with van der Waals surface area (Å²) in [6.45, 7) is 15.6. The van der Waals surface area contributed by atoms with Crippen LogP contribution in [0.4, 0.5) is 0 Å². The minimum Gasteiger partial charge on any atom is -0.466 e. The van der Waals surface area contributed by atoms with Gasteiger partial charge in [0.1, 0.15) is 19.8 Å². The van der Waals surface area contributed by atoms with Crippen molar-refractivity contribution in [1.82, 2.24) is 0 Å². The van der Waals surface area contributed by atoms with Crippen molar-refractivity contribution < 1.29 is 57.2 Å².